The van der Waals surface area contributed by atoms with Gasteiger partial charge in [-0.1, -0.05) is 48.5 Å². The van der Waals surface area contributed by atoms with Gasteiger partial charge in [-0.05, 0) is 31.5 Å². The van der Waals surface area contributed by atoms with Crippen LogP contribution in [0.2, 0.25) is 0 Å². The van der Waals surface area contributed by atoms with Crippen LogP contribution in [0.1, 0.15) is 25.5 Å². The quantitative estimate of drug-likeness (QED) is 0.620. The molecule has 1 aromatic heterocycles. The number of allylic oxidation sites excluding steroid dienone is 1. The van der Waals surface area contributed by atoms with Crippen LogP contribution < -0.4 is 10.2 Å². The maximum Gasteiger partial charge on any atom is 0.338 e. The zero-order valence-electron chi connectivity index (χ0n) is 17.4. The van der Waals surface area contributed by atoms with Gasteiger partial charge in [-0.15, -0.1) is 0 Å². The average molecular weight is 417 g/mol. The van der Waals surface area contributed by atoms with E-state index in [9.17, 15) is 9.59 Å². The van der Waals surface area contributed by atoms with Crippen LogP contribution in [0.25, 0.3) is 0 Å². The van der Waals surface area contributed by atoms with Crippen molar-refractivity contribution in [2.24, 2.45) is 0 Å². The number of rotatable bonds is 6. The second-order valence-electron chi connectivity index (χ2n) is 7.04. The molecule has 1 aliphatic rings. The van der Waals surface area contributed by atoms with Crippen molar-refractivity contribution in [3.63, 3.8) is 0 Å². The van der Waals surface area contributed by atoms with Crippen molar-refractivity contribution in [3.8, 4) is 0 Å². The summed E-state index contributed by atoms with van der Waals surface area (Å²) in [6.45, 7) is 3.79. The fourth-order valence-corrected chi connectivity index (χ4v) is 3.70. The van der Waals surface area contributed by atoms with Gasteiger partial charge in [0.05, 0.1) is 12.2 Å². The van der Waals surface area contributed by atoms with E-state index in [1.807, 2.05) is 60.7 Å². The van der Waals surface area contributed by atoms with Crippen LogP contribution in [0.4, 0.5) is 11.6 Å². The summed E-state index contributed by atoms with van der Waals surface area (Å²) in [7, 11) is 0. The van der Waals surface area contributed by atoms with E-state index in [4.69, 9.17) is 4.74 Å². The van der Waals surface area contributed by atoms with Crippen molar-refractivity contribution >= 4 is 23.5 Å². The van der Waals surface area contributed by atoms with Gasteiger partial charge in [-0.25, -0.2) is 9.48 Å². The van der Waals surface area contributed by atoms with Crippen molar-refractivity contribution in [1.29, 1.82) is 0 Å². The van der Waals surface area contributed by atoms with E-state index in [1.54, 1.807) is 23.4 Å². The lowest BCUT2D eigenvalue weighted by molar-refractivity contribution is -0.139. The number of nitrogens with zero attached hydrogens (tertiary/aromatic N) is 4. The van der Waals surface area contributed by atoms with Gasteiger partial charge in [0, 0.05) is 11.4 Å². The van der Waals surface area contributed by atoms with Crippen LogP contribution in [0.15, 0.2) is 78.3 Å². The number of hydrogen-bond donors (Lipinski definition) is 1. The van der Waals surface area contributed by atoms with Crippen molar-refractivity contribution in [3.05, 3.63) is 83.8 Å². The van der Waals surface area contributed by atoms with Gasteiger partial charge in [-0.3, -0.25) is 4.79 Å². The van der Waals surface area contributed by atoms with E-state index in [0.29, 0.717) is 22.9 Å². The third-order valence-electron chi connectivity index (χ3n) is 5.08. The third-order valence-corrected chi connectivity index (χ3v) is 5.08. The highest BCUT2D eigenvalue weighted by Gasteiger charge is 2.38. The Bertz CT molecular complexity index is 1110. The number of ether oxygens (including phenoxy) is 1. The number of hydrogen-bond acceptors (Lipinski definition) is 6. The molecule has 2 heterocycles. The Labute approximate surface area is 180 Å². The lowest BCUT2D eigenvalue weighted by atomic mass is 9.95. The van der Waals surface area contributed by atoms with E-state index in [2.05, 4.69) is 15.4 Å². The van der Waals surface area contributed by atoms with Crippen molar-refractivity contribution in [1.82, 2.24) is 14.8 Å². The molecule has 1 N–H and O–H groups in total. The average Bonchev–Trinajstić information content (AvgIpc) is 3.26. The van der Waals surface area contributed by atoms with Gasteiger partial charge < -0.3 is 15.0 Å². The molecule has 8 nitrogen and oxygen atoms in total. The molecule has 3 aromatic rings. The highest BCUT2D eigenvalue weighted by atomic mass is 16.5. The molecule has 0 spiro atoms. The summed E-state index contributed by atoms with van der Waals surface area (Å²) in [5.41, 5.74) is 2.61. The van der Waals surface area contributed by atoms with Gasteiger partial charge in [0.1, 0.15) is 18.9 Å². The molecule has 2 aromatic carbocycles. The predicted octanol–water partition coefficient (Wildman–Crippen LogP) is 3.16. The molecule has 1 atom stereocenters. The summed E-state index contributed by atoms with van der Waals surface area (Å²) >= 11 is 0. The van der Waals surface area contributed by atoms with E-state index >= 15 is 0 Å². The number of anilines is 2. The molecule has 0 aliphatic carbocycles. The Hall–Kier alpha value is -3.94. The minimum Gasteiger partial charge on any atom is -0.463 e. The summed E-state index contributed by atoms with van der Waals surface area (Å²) in [6, 6.07) is 18.3. The van der Waals surface area contributed by atoms with Gasteiger partial charge in [-0.2, -0.15) is 10.1 Å². The van der Waals surface area contributed by atoms with Crippen molar-refractivity contribution in [2.75, 3.05) is 23.4 Å². The Morgan fingerprint density at radius 3 is 2.42 bits per heavy atom. The first kappa shape index (κ1) is 20.3. The highest BCUT2D eigenvalue weighted by Crippen LogP contribution is 2.38. The monoisotopic (exact) mass is 417 g/mol. The molecule has 0 saturated carbocycles. The molecule has 0 bridgehead atoms. The zero-order valence-corrected chi connectivity index (χ0v) is 17.4. The molecule has 0 unspecified atom stereocenters. The molecule has 0 saturated heterocycles. The number of para-hydroxylation sites is 1. The summed E-state index contributed by atoms with van der Waals surface area (Å²) in [5.74, 6) is -0.187. The number of fused-ring (bicyclic) bond motifs is 1. The number of esters is 1. The van der Waals surface area contributed by atoms with Gasteiger partial charge in [0.15, 0.2) is 0 Å². The third kappa shape index (κ3) is 4.05. The number of nitrogens with one attached hydrogen (secondary N) is 1. The predicted molar refractivity (Wildman–Crippen MR) is 116 cm³/mol. The first-order valence-electron chi connectivity index (χ1n) is 10.0. The molecular weight excluding hydrogens is 394 g/mol. The first-order chi connectivity index (χ1) is 15.1. The lowest BCUT2D eigenvalue weighted by Crippen LogP contribution is -2.40. The first-order valence-corrected chi connectivity index (χ1v) is 10.0. The molecule has 31 heavy (non-hydrogen) atoms. The molecule has 1 amide bonds. The smallest absolute Gasteiger partial charge is 0.338 e. The second kappa shape index (κ2) is 8.83. The number of benzene rings is 2. The Morgan fingerprint density at radius 1 is 1.06 bits per heavy atom. The SMILES string of the molecule is CCOC(=O)C1=C(C)N(CC(=O)Nc2ccccc2)c2ncnn2[C@@H]1c1ccccc1. The molecule has 8 heteroatoms. The topological polar surface area (TPSA) is 89.3 Å². The fourth-order valence-electron chi connectivity index (χ4n) is 3.70. The minimum absolute atomic E-state index is 0.0240. The second-order valence-corrected chi connectivity index (χ2v) is 7.04. The van der Waals surface area contributed by atoms with Crippen LogP contribution in [0.5, 0.6) is 0 Å². The Balaban J connectivity index is 1.73. The van der Waals surface area contributed by atoms with E-state index in [0.717, 1.165) is 5.56 Å². The number of carbonyl (C=O) groups excluding carboxylic acids is 2. The standard InChI is InChI=1S/C23H23N5O3/c1-3-31-22(30)20-16(2)27(14-19(29)26-18-12-8-5-9-13-18)23-24-15-25-28(23)21(20)17-10-6-4-7-11-17/h4-13,15,21H,3,14H2,1-2H3,(H,26,29)/t21-/m1/s1. The summed E-state index contributed by atoms with van der Waals surface area (Å²) in [5, 5.41) is 7.24. The number of carbonyl (C=O) groups is 2. The molecular formula is C23H23N5O3. The number of aromatic nitrogens is 3. The van der Waals surface area contributed by atoms with E-state index in [-0.39, 0.29) is 19.1 Å². The summed E-state index contributed by atoms with van der Waals surface area (Å²) < 4.78 is 7.02. The van der Waals surface area contributed by atoms with Gasteiger partial charge in [0.25, 0.3) is 0 Å². The Morgan fingerprint density at radius 2 is 1.74 bits per heavy atom. The van der Waals surface area contributed by atoms with Crippen molar-refractivity contribution in [2.45, 2.75) is 19.9 Å². The normalized spacial score (nSPS) is 15.4. The molecule has 1 aliphatic heterocycles. The van der Waals surface area contributed by atoms with Crippen LogP contribution in [-0.4, -0.2) is 39.8 Å². The van der Waals surface area contributed by atoms with Gasteiger partial charge in [0.2, 0.25) is 11.9 Å². The van der Waals surface area contributed by atoms with E-state index in [1.165, 1.54) is 6.33 Å². The molecule has 4 rings (SSSR count). The maximum atomic E-state index is 13.0. The minimum atomic E-state index is -0.494. The molecule has 0 radical (unpaired) electrons. The largest absolute Gasteiger partial charge is 0.463 e. The zero-order chi connectivity index (χ0) is 21.8. The van der Waals surface area contributed by atoms with Crippen LogP contribution in [-0.2, 0) is 14.3 Å². The van der Waals surface area contributed by atoms with Crippen LogP contribution in [0, 0.1) is 0 Å². The fraction of sp³-hybridized carbons (Fsp3) is 0.217. The number of amides is 1. The lowest BCUT2D eigenvalue weighted by Gasteiger charge is -2.35. The maximum absolute atomic E-state index is 13.0. The van der Waals surface area contributed by atoms with Crippen LogP contribution >= 0.6 is 0 Å². The summed E-state index contributed by atoms with van der Waals surface area (Å²) in [6.07, 6.45) is 1.43. The van der Waals surface area contributed by atoms with Crippen molar-refractivity contribution < 1.29 is 14.3 Å². The molecule has 158 valence electrons. The van der Waals surface area contributed by atoms with Crippen LogP contribution in [0.3, 0.4) is 0 Å². The van der Waals surface area contributed by atoms with Gasteiger partial charge >= 0.3 is 5.97 Å². The molecule has 0 fully saturated rings. The highest BCUT2D eigenvalue weighted by molar-refractivity contribution is 5.96. The van der Waals surface area contributed by atoms with E-state index < -0.39 is 12.0 Å². The summed E-state index contributed by atoms with van der Waals surface area (Å²) in [4.78, 5) is 31.8. The Kier molecular flexibility index (Phi) is 5.79.